The number of amides is 1. The van der Waals surface area contributed by atoms with E-state index in [0.29, 0.717) is 5.56 Å². The van der Waals surface area contributed by atoms with Crippen molar-refractivity contribution in [1.29, 1.82) is 0 Å². The Morgan fingerprint density at radius 2 is 1.81 bits per heavy atom. The number of likely N-dealkylation sites (tertiary alicyclic amines) is 1. The van der Waals surface area contributed by atoms with E-state index >= 15 is 0 Å². The second-order valence-corrected chi connectivity index (χ2v) is 6.68. The molecule has 0 aliphatic carbocycles. The van der Waals surface area contributed by atoms with E-state index in [-0.39, 0.29) is 17.6 Å². The second-order valence-electron chi connectivity index (χ2n) is 6.68. The quantitative estimate of drug-likeness (QED) is 0.789. The highest BCUT2D eigenvalue weighted by molar-refractivity contribution is 5.94. The first-order valence-corrected chi connectivity index (χ1v) is 8.88. The molecular formula is C21H21N3O2. The Bertz CT molecular complexity index is 970. The molecule has 132 valence electrons. The Hall–Kier alpha value is -3.08. The lowest BCUT2D eigenvalue weighted by atomic mass is 10.0. The lowest BCUT2D eigenvalue weighted by molar-refractivity contribution is 0.0735. The second kappa shape index (κ2) is 6.67. The van der Waals surface area contributed by atoms with Crippen LogP contribution in [0.3, 0.4) is 0 Å². The summed E-state index contributed by atoms with van der Waals surface area (Å²) < 4.78 is 1.59. The van der Waals surface area contributed by atoms with Gasteiger partial charge in [-0.1, -0.05) is 30.3 Å². The van der Waals surface area contributed by atoms with Crippen molar-refractivity contribution in [3.8, 4) is 5.69 Å². The van der Waals surface area contributed by atoms with Gasteiger partial charge in [0.05, 0.1) is 11.7 Å². The fourth-order valence-corrected chi connectivity index (χ4v) is 3.73. The highest BCUT2D eigenvalue weighted by Crippen LogP contribution is 2.33. The summed E-state index contributed by atoms with van der Waals surface area (Å²) in [6.45, 7) is 2.64. The minimum atomic E-state index is -0.176. The largest absolute Gasteiger partial charge is 0.332 e. The number of H-pyrrole nitrogens is 1. The van der Waals surface area contributed by atoms with E-state index in [9.17, 15) is 9.59 Å². The minimum absolute atomic E-state index is 0.0426. The van der Waals surface area contributed by atoms with Crippen LogP contribution in [0, 0.1) is 6.92 Å². The van der Waals surface area contributed by atoms with Crippen LogP contribution in [-0.2, 0) is 0 Å². The molecule has 1 saturated heterocycles. The number of aromatic amines is 1. The van der Waals surface area contributed by atoms with Crippen molar-refractivity contribution in [1.82, 2.24) is 14.5 Å². The van der Waals surface area contributed by atoms with Crippen LogP contribution in [0.2, 0.25) is 0 Å². The standard InChI is InChI=1S/C21H21N3O2/c1-15-14-22-21(26)24(15)18-11-9-17(10-12-18)20(25)23-13-5-8-19(23)16-6-3-2-4-7-16/h2-4,6-7,9-12,14,19H,5,8,13H2,1H3,(H,22,26). The molecule has 1 atom stereocenters. The number of imidazole rings is 1. The summed E-state index contributed by atoms with van der Waals surface area (Å²) in [4.78, 5) is 29.5. The first-order chi connectivity index (χ1) is 12.6. The predicted octanol–water partition coefficient (Wildman–Crippen LogP) is 3.45. The van der Waals surface area contributed by atoms with E-state index in [1.54, 1.807) is 22.9 Å². The van der Waals surface area contributed by atoms with Crippen LogP contribution < -0.4 is 5.69 Å². The molecule has 1 N–H and O–H groups in total. The van der Waals surface area contributed by atoms with Crippen molar-refractivity contribution in [2.75, 3.05) is 6.54 Å². The van der Waals surface area contributed by atoms with Gasteiger partial charge in [-0.05, 0) is 49.6 Å². The SMILES string of the molecule is Cc1c[nH]c(=O)n1-c1ccc(C(=O)N2CCCC2c2ccccc2)cc1. The highest BCUT2D eigenvalue weighted by Gasteiger charge is 2.30. The maximum Gasteiger partial charge on any atom is 0.330 e. The van der Waals surface area contributed by atoms with Crippen LogP contribution >= 0.6 is 0 Å². The third kappa shape index (κ3) is 2.86. The monoisotopic (exact) mass is 347 g/mol. The van der Waals surface area contributed by atoms with Crippen LogP contribution in [0.5, 0.6) is 0 Å². The van der Waals surface area contributed by atoms with Crippen molar-refractivity contribution >= 4 is 5.91 Å². The molecule has 5 heteroatoms. The number of nitrogens with one attached hydrogen (secondary N) is 1. The molecule has 1 fully saturated rings. The Labute approximate surface area is 151 Å². The van der Waals surface area contributed by atoms with E-state index in [4.69, 9.17) is 0 Å². The molecule has 4 rings (SSSR count). The lowest BCUT2D eigenvalue weighted by Gasteiger charge is -2.25. The lowest BCUT2D eigenvalue weighted by Crippen LogP contribution is -2.30. The number of carbonyl (C=O) groups is 1. The maximum atomic E-state index is 13.0. The Morgan fingerprint density at radius 1 is 1.08 bits per heavy atom. The van der Waals surface area contributed by atoms with E-state index < -0.39 is 0 Å². The molecule has 1 aromatic heterocycles. The van der Waals surface area contributed by atoms with Gasteiger partial charge >= 0.3 is 5.69 Å². The zero-order valence-corrected chi connectivity index (χ0v) is 14.7. The zero-order chi connectivity index (χ0) is 18.1. The van der Waals surface area contributed by atoms with Gasteiger partial charge < -0.3 is 9.88 Å². The average Bonchev–Trinajstić information content (AvgIpc) is 3.29. The molecule has 0 radical (unpaired) electrons. The van der Waals surface area contributed by atoms with Gasteiger partial charge in [-0.2, -0.15) is 0 Å². The fourth-order valence-electron chi connectivity index (χ4n) is 3.73. The van der Waals surface area contributed by atoms with E-state index in [2.05, 4.69) is 17.1 Å². The molecule has 1 unspecified atom stereocenters. The Balaban J connectivity index is 1.59. The first-order valence-electron chi connectivity index (χ1n) is 8.88. The van der Waals surface area contributed by atoms with E-state index in [0.717, 1.165) is 30.8 Å². The topological polar surface area (TPSA) is 58.1 Å². The van der Waals surface area contributed by atoms with Crippen molar-refractivity contribution in [3.05, 3.63) is 88.1 Å². The summed E-state index contributed by atoms with van der Waals surface area (Å²) in [6.07, 6.45) is 3.68. The number of aryl methyl sites for hydroxylation is 1. The smallest absolute Gasteiger partial charge is 0.330 e. The number of aromatic nitrogens is 2. The molecular weight excluding hydrogens is 326 g/mol. The molecule has 1 amide bonds. The third-order valence-electron chi connectivity index (χ3n) is 5.03. The van der Waals surface area contributed by atoms with Gasteiger partial charge in [0.25, 0.3) is 5.91 Å². The van der Waals surface area contributed by atoms with Crippen molar-refractivity contribution < 1.29 is 4.79 Å². The van der Waals surface area contributed by atoms with Crippen molar-refractivity contribution in [3.63, 3.8) is 0 Å². The summed E-state index contributed by atoms with van der Waals surface area (Å²) in [5, 5.41) is 0. The zero-order valence-electron chi connectivity index (χ0n) is 14.7. The summed E-state index contributed by atoms with van der Waals surface area (Å²) in [5.74, 6) is 0.0426. The molecule has 1 aliphatic rings. The highest BCUT2D eigenvalue weighted by atomic mass is 16.2. The summed E-state index contributed by atoms with van der Waals surface area (Å²) in [7, 11) is 0. The van der Waals surface area contributed by atoms with Gasteiger partial charge in [0.2, 0.25) is 0 Å². The molecule has 0 bridgehead atoms. The Kier molecular flexibility index (Phi) is 4.21. The molecule has 5 nitrogen and oxygen atoms in total. The molecule has 0 saturated carbocycles. The number of hydrogen-bond acceptors (Lipinski definition) is 2. The maximum absolute atomic E-state index is 13.0. The van der Waals surface area contributed by atoms with Crippen LogP contribution in [-0.4, -0.2) is 26.9 Å². The summed E-state index contributed by atoms with van der Waals surface area (Å²) in [6, 6.07) is 17.6. The molecule has 2 heterocycles. The summed E-state index contributed by atoms with van der Waals surface area (Å²) >= 11 is 0. The minimum Gasteiger partial charge on any atom is -0.332 e. The molecule has 3 aromatic rings. The van der Waals surface area contributed by atoms with E-state index in [1.165, 1.54) is 5.56 Å². The van der Waals surface area contributed by atoms with Crippen LogP contribution in [0.25, 0.3) is 5.69 Å². The average molecular weight is 347 g/mol. The third-order valence-corrected chi connectivity index (χ3v) is 5.03. The van der Waals surface area contributed by atoms with Gasteiger partial charge in [-0.3, -0.25) is 9.36 Å². The molecule has 0 spiro atoms. The fraction of sp³-hybridized carbons (Fsp3) is 0.238. The van der Waals surface area contributed by atoms with Crippen molar-refractivity contribution in [2.45, 2.75) is 25.8 Å². The normalized spacial score (nSPS) is 16.8. The first kappa shape index (κ1) is 16.4. The number of nitrogens with zero attached hydrogens (tertiary/aromatic N) is 2. The van der Waals surface area contributed by atoms with Crippen molar-refractivity contribution in [2.24, 2.45) is 0 Å². The van der Waals surface area contributed by atoms with Crippen LogP contribution in [0.15, 0.2) is 65.6 Å². The summed E-state index contributed by atoms with van der Waals surface area (Å²) in [5.41, 5.74) is 3.25. The number of carbonyl (C=O) groups excluding carboxylic acids is 1. The number of hydrogen-bond donors (Lipinski definition) is 1. The molecule has 26 heavy (non-hydrogen) atoms. The van der Waals surface area contributed by atoms with Crippen LogP contribution in [0.1, 0.15) is 40.5 Å². The van der Waals surface area contributed by atoms with Gasteiger partial charge in [0, 0.05) is 24.0 Å². The van der Waals surface area contributed by atoms with Crippen LogP contribution in [0.4, 0.5) is 0 Å². The predicted molar refractivity (Wildman–Crippen MR) is 101 cm³/mol. The van der Waals surface area contributed by atoms with Gasteiger partial charge in [0.15, 0.2) is 0 Å². The number of rotatable bonds is 3. The van der Waals surface area contributed by atoms with E-state index in [1.807, 2.05) is 42.2 Å². The van der Waals surface area contributed by atoms with Gasteiger partial charge in [-0.15, -0.1) is 0 Å². The molecule has 2 aromatic carbocycles. The van der Waals surface area contributed by atoms with Gasteiger partial charge in [-0.25, -0.2) is 4.79 Å². The number of benzene rings is 2. The molecule has 1 aliphatic heterocycles. The van der Waals surface area contributed by atoms with Gasteiger partial charge in [0.1, 0.15) is 0 Å². The Morgan fingerprint density at radius 3 is 2.46 bits per heavy atom.